The standard InChI is InChI=1S/C17H18ClNO3/c1-4-22-15-8-6-12(9-16(15)21-3)17(20)19-13-7-5-11(2)14(18)10-13/h5-10H,4H2,1-3H3,(H,19,20). The normalized spacial score (nSPS) is 10.2. The topological polar surface area (TPSA) is 47.6 Å². The second-order valence-electron chi connectivity index (χ2n) is 4.72. The molecule has 4 nitrogen and oxygen atoms in total. The molecule has 0 aliphatic rings. The van der Waals surface area contributed by atoms with Gasteiger partial charge in [-0.05, 0) is 49.7 Å². The number of hydrogen-bond acceptors (Lipinski definition) is 3. The highest BCUT2D eigenvalue weighted by molar-refractivity contribution is 6.31. The van der Waals surface area contributed by atoms with Crippen LogP contribution >= 0.6 is 11.6 Å². The molecule has 2 aromatic carbocycles. The van der Waals surface area contributed by atoms with E-state index in [0.29, 0.717) is 34.4 Å². The average molecular weight is 320 g/mol. The lowest BCUT2D eigenvalue weighted by molar-refractivity contribution is 0.102. The summed E-state index contributed by atoms with van der Waals surface area (Å²) in [5, 5.41) is 3.42. The summed E-state index contributed by atoms with van der Waals surface area (Å²) in [5.74, 6) is 0.901. The highest BCUT2D eigenvalue weighted by Crippen LogP contribution is 2.28. The van der Waals surface area contributed by atoms with Crippen molar-refractivity contribution in [3.05, 3.63) is 52.5 Å². The first-order chi connectivity index (χ1) is 10.5. The van der Waals surface area contributed by atoms with Crippen LogP contribution in [0.5, 0.6) is 11.5 Å². The summed E-state index contributed by atoms with van der Waals surface area (Å²) >= 11 is 6.06. The molecule has 0 saturated carbocycles. The van der Waals surface area contributed by atoms with E-state index >= 15 is 0 Å². The number of anilines is 1. The van der Waals surface area contributed by atoms with Crippen LogP contribution in [0.25, 0.3) is 0 Å². The van der Waals surface area contributed by atoms with Gasteiger partial charge >= 0.3 is 0 Å². The van der Waals surface area contributed by atoms with Crippen molar-refractivity contribution in [2.24, 2.45) is 0 Å². The molecule has 0 aliphatic carbocycles. The van der Waals surface area contributed by atoms with Crippen molar-refractivity contribution in [1.82, 2.24) is 0 Å². The highest BCUT2D eigenvalue weighted by Gasteiger charge is 2.11. The first-order valence-electron chi connectivity index (χ1n) is 6.93. The summed E-state index contributed by atoms with van der Waals surface area (Å²) in [6, 6.07) is 10.5. The number of rotatable bonds is 5. The lowest BCUT2D eigenvalue weighted by atomic mass is 10.1. The van der Waals surface area contributed by atoms with Crippen LogP contribution in [0.1, 0.15) is 22.8 Å². The van der Waals surface area contributed by atoms with Gasteiger partial charge in [0.05, 0.1) is 13.7 Å². The van der Waals surface area contributed by atoms with Gasteiger partial charge in [-0.1, -0.05) is 17.7 Å². The molecule has 116 valence electrons. The van der Waals surface area contributed by atoms with Gasteiger partial charge in [-0.3, -0.25) is 4.79 Å². The first-order valence-corrected chi connectivity index (χ1v) is 7.31. The number of benzene rings is 2. The number of aryl methyl sites for hydroxylation is 1. The molecule has 2 aromatic rings. The molecule has 0 fully saturated rings. The highest BCUT2D eigenvalue weighted by atomic mass is 35.5. The molecule has 0 radical (unpaired) electrons. The van der Waals surface area contributed by atoms with Crippen LogP contribution in [-0.2, 0) is 0 Å². The minimum absolute atomic E-state index is 0.235. The van der Waals surface area contributed by atoms with Gasteiger partial charge in [0.2, 0.25) is 0 Å². The third-order valence-electron chi connectivity index (χ3n) is 3.16. The van der Waals surface area contributed by atoms with Crippen molar-refractivity contribution in [3.63, 3.8) is 0 Å². The van der Waals surface area contributed by atoms with Gasteiger partial charge in [-0.2, -0.15) is 0 Å². The Kier molecular flexibility index (Phi) is 5.28. The van der Waals surface area contributed by atoms with E-state index in [-0.39, 0.29) is 5.91 Å². The van der Waals surface area contributed by atoms with Gasteiger partial charge in [0.1, 0.15) is 0 Å². The third-order valence-corrected chi connectivity index (χ3v) is 3.56. The molecule has 1 N–H and O–H groups in total. The average Bonchev–Trinajstić information content (AvgIpc) is 2.51. The van der Waals surface area contributed by atoms with Crippen molar-refractivity contribution in [2.45, 2.75) is 13.8 Å². The van der Waals surface area contributed by atoms with Gasteiger partial charge in [0.25, 0.3) is 5.91 Å². The van der Waals surface area contributed by atoms with E-state index in [1.165, 1.54) is 0 Å². The maximum atomic E-state index is 12.3. The maximum absolute atomic E-state index is 12.3. The van der Waals surface area contributed by atoms with E-state index in [0.717, 1.165) is 5.56 Å². The lowest BCUT2D eigenvalue weighted by Crippen LogP contribution is -2.12. The Labute approximate surface area is 135 Å². The fourth-order valence-electron chi connectivity index (χ4n) is 1.96. The zero-order valence-electron chi connectivity index (χ0n) is 12.8. The maximum Gasteiger partial charge on any atom is 0.255 e. The minimum Gasteiger partial charge on any atom is -0.493 e. The Morgan fingerprint density at radius 3 is 2.59 bits per heavy atom. The number of ether oxygens (including phenoxy) is 2. The largest absolute Gasteiger partial charge is 0.493 e. The molecular formula is C17H18ClNO3. The molecule has 0 aromatic heterocycles. The Balaban J connectivity index is 2.20. The van der Waals surface area contributed by atoms with Gasteiger partial charge in [0, 0.05) is 16.3 Å². The lowest BCUT2D eigenvalue weighted by Gasteiger charge is -2.11. The molecule has 5 heteroatoms. The molecule has 2 rings (SSSR count). The SMILES string of the molecule is CCOc1ccc(C(=O)Nc2ccc(C)c(Cl)c2)cc1OC. The van der Waals surface area contributed by atoms with Crippen molar-refractivity contribution < 1.29 is 14.3 Å². The second kappa shape index (κ2) is 7.18. The molecule has 0 bridgehead atoms. The summed E-state index contributed by atoms with van der Waals surface area (Å²) in [5.41, 5.74) is 2.09. The van der Waals surface area contributed by atoms with Crippen LogP contribution in [0.2, 0.25) is 5.02 Å². The number of nitrogens with one attached hydrogen (secondary N) is 1. The minimum atomic E-state index is -0.235. The molecule has 1 amide bonds. The van der Waals surface area contributed by atoms with Crippen LogP contribution < -0.4 is 14.8 Å². The van der Waals surface area contributed by atoms with Crippen molar-refractivity contribution in [3.8, 4) is 11.5 Å². The molecule has 0 saturated heterocycles. The Bertz CT molecular complexity index is 686. The zero-order valence-corrected chi connectivity index (χ0v) is 13.5. The number of carbonyl (C=O) groups is 1. The second-order valence-corrected chi connectivity index (χ2v) is 5.12. The number of carbonyl (C=O) groups excluding carboxylic acids is 1. The van der Waals surface area contributed by atoms with E-state index in [9.17, 15) is 4.79 Å². The molecule has 0 heterocycles. The molecule has 0 unspecified atom stereocenters. The molecule has 22 heavy (non-hydrogen) atoms. The predicted molar refractivity (Wildman–Crippen MR) is 88.3 cm³/mol. The third kappa shape index (κ3) is 3.71. The number of amides is 1. The molecule has 0 atom stereocenters. The number of halogens is 1. The molecule has 0 spiro atoms. The van der Waals surface area contributed by atoms with E-state index in [1.54, 1.807) is 31.4 Å². The van der Waals surface area contributed by atoms with Gasteiger partial charge in [-0.15, -0.1) is 0 Å². The predicted octanol–water partition coefficient (Wildman–Crippen LogP) is 4.31. The van der Waals surface area contributed by atoms with Crippen LogP contribution in [0.15, 0.2) is 36.4 Å². The van der Waals surface area contributed by atoms with E-state index in [4.69, 9.17) is 21.1 Å². The monoisotopic (exact) mass is 319 g/mol. The first kappa shape index (κ1) is 16.2. The van der Waals surface area contributed by atoms with Crippen LogP contribution in [0.4, 0.5) is 5.69 Å². The Morgan fingerprint density at radius 2 is 1.95 bits per heavy atom. The van der Waals surface area contributed by atoms with Crippen molar-refractivity contribution >= 4 is 23.2 Å². The van der Waals surface area contributed by atoms with Crippen molar-refractivity contribution in [2.75, 3.05) is 19.0 Å². The molecular weight excluding hydrogens is 302 g/mol. The number of hydrogen-bond donors (Lipinski definition) is 1. The van der Waals surface area contributed by atoms with E-state index < -0.39 is 0 Å². The fourth-order valence-corrected chi connectivity index (χ4v) is 2.14. The fraction of sp³-hybridized carbons (Fsp3) is 0.235. The summed E-state index contributed by atoms with van der Waals surface area (Å²) in [7, 11) is 1.54. The summed E-state index contributed by atoms with van der Waals surface area (Å²) in [6.07, 6.45) is 0. The zero-order chi connectivity index (χ0) is 16.1. The number of methoxy groups -OCH3 is 1. The van der Waals surface area contributed by atoms with Crippen molar-refractivity contribution in [1.29, 1.82) is 0 Å². The summed E-state index contributed by atoms with van der Waals surface area (Å²) in [4.78, 5) is 12.3. The summed E-state index contributed by atoms with van der Waals surface area (Å²) < 4.78 is 10.7. The van der Waals surface area contributed by atoms with Crippen LogP contribution in [-0.4, -0.2) is 19.6 Å². The molecule has 0 aliphatic heterocycles. The summed E-state index contributed by atoms with van der Waals surface area (Å²) in [6.45, 7) is 4.33. The Hall–Kier alpha value is -2.20. The van der Waals surface area contributed by atoms with E-state index in [2.05, 4.69) is 5.32 Å². The van der Waals surface area contributed by atoms with Gasteiger partial charge < -0.3 is 14.8 Å². The van der Waals surface area contributed by atoms with Crippen LogP contribution in [0.3, 0.4) is 0 Å². The Morgan fingerprint density at radius 1 is 1.18 bits per heavy atom. The van der Waals surface area contributed by atoms with Crippen LogP contribution in [0, 0.1) is 6.92 Å². The van der Waals surface area contributed by atoms with Gasteiger partial charge in [-0.25, -0.2) is 0 Å². The van der Waals surface area contributed by atoms with E-state index in [1.807, 2.05) is 26.0 Å². The van der Waals surface area contributed by atoms with Gasteiger partial charge in [0.15, 0.2) is 11.5 Å². The smallest absolute Gasteiger partial charge is 0.255 e. The quantitative estimate of drug-likeness (QED) is 0.893.